The number of aliphatic imine (C=N–C) groups is 1. The number of rotatable bonds is 8. The molecular weight excluding hydrogens is 352 g/mol. The molecule has 0 radical (unpaired) electrons. The summed E-state index contributed by atoms with van der Waals surface area (Å²) in [4.78, 5) is 28.5. The minimum Gasteiger partial charge on any atom is -0.444 e. The van der Waals surface area contributed by atoms with Crippen molar-refractivity contribution in [3.8, 4) is 0 Å². The predicted molar refractivity (Wildman–Crippen MR) is 106 cm³/mol. The fourth-order valence-corrected chi connectivity index (χ4v) is 2.91. The summed E-state index contributed by atoms with van der Waals surface area (Å²) in [7, 11) is 0. The Balaban J connectivity index is 2.63. The van der Waals surface area contributed by atoms with Crippen LogP contribution in [0, 0.1) is 0 Å². The Morgan fingerprint density at radius 1 is 1.23 bits per heavy atom. The summed E-state index contributed by atoms with van der Waals surface area (Å²) in [6.45, 7) is 5.70. The van der Waals surface area contributed by atoms with E-state index in [-0.39, 0.29) is 11.1 Å². The molecule has 1 atom stereocenters. The van der Waals surface area contributed by atoms with Gasteiger partial charge in [-0.3, -0.25) is 9.79 Å². The van der Waals surface area contributed by atoms with Gasteiger partial charge in [-0.05, 0) is 39.2 Å². The summed E-state index contributed by atoms with van der Waals surface area (Å²) in [5, 5.41) is 2.53. The van der Waals surface area contributed by atoms with E-state index in [0.717, 1.165) is 5.56 Å². The third-order valence-electron chi connectivity index (χ3n) is 3.14. The number of thioether (sulfide) groups is 1. The van der Waals surface area contributed by atoms with Gasteiger partial charge in [0.15, 0.2) is 5.96 Å². The zero-order valence-electron chi connectivity index (χ0n) is 15.5. The highest BCUT2D eigenvalue weighted by Crippen LogP contribution is 2.17. The average Bonchev–Trinajstić information content (AvgIpc) is 2.54. The molecule has 0 aliphatic heterocycles. The molecule has 7 nitrogen and oxygen atoms in total. The van der Waals surface area contributed by atoms with Gasteiger partial charge in [0.05, 0.1) is 0 Å². The fraction of sp³-hybridized carbons (Fsp3) is 0.500. The summed E-state index contributed by atoms with van der Waals surface area (Å²) in [5.74, 6) is 0.548. The van der Waals surface area contributed by atoms with Crippen LogP contribution >= 0.6 is 11.8 Å². The molecule has 0 aromatic heterocycles. The Morgan fingerprint density at radius 2 is 1.88 bits per heavy atom. The number of benzene rings is 1. The van der Waals surface area contributed by atoms with Crippen molar-refractivity contribution in [1.82, 2.24) is 5.32 Å². The molecule has 1 amide bonds. The smallest absolute Gasteiger partial charge is 0.408 e. The van der Waals surface area contributed by atoms with Crippen LogP contribution in [0.1, 0.15) is 39.2 Å². The molecule has 0 saturated heterocycles. The van der Waals surface area contributed by atoms with Crippen molar-refractivity contribution in [2.45, 2.75) is 51.0 Å². The molecule has 8 heteroatoms. The van der Waals surface area contributed by atoms with E-state index < -0.39 is 17.7 Å². The molecule has 26 heavy (non-hydrogen) atoms. The first kappa shape index (κ1) is 21.8. The zero-order chi connectivity index (χ0) is 19.6. The van der Waals surface area contributed by atoms with E-state index in [2.05, 4.69) is 10.3 Å². The maximum absolute atomic E-state index is 12.6. The van der Waals surface area contributed by atoms with Gasteiger partial charge in [-0.15, -0.1) is 0 Å². The summed E-state index contributed by atoms with van der Waals surface area (Å²) < 4.78 is 5.25. The Kier molecular flexibility index (Phi) is 8.98. The van der Waals surface area contributed by atoms with Crippen LogP contribution in [-0.2, 0) is 15.3 Å². The lowest BCUT2D eigenvalue weighted by molar-refractivity contribution is -0.113. The molecule has 0 aliphatic carbocycles. The van der Waals surface area contributed by atoms with Crippen LogP contribution in [-0.4, -0.2) is 35.4 Å². The summed E-state index contributed by atoms with van der Waals surface area (Å²) in [6, 6.07) is 9.02. The number of carbonyl (C=O) groups is 2. The van der Waals surface area contributed by atoms with E-state index in [9.17, 15) is 9.59 Å². The maximum Gasteiger partial charge on any atom is 0.408 e. The SMILES string of the molecule is CC(C)(C)OC(=O)NC(CCCN=C(N)N)C(=O)SCc1ccccc1. The fourth-order valence-electron chi connectivity index (χ4n) is 2.03. The van der Waals surface area contributed by atoms with Gasteiger partial charge >= 0.3 is 6.09 Å². The highest BCUT2D eigenvalue weighted by molar-refractivity contribution is 8.13. The number of nitrogens with one attached hydrogen (secondary N) is 1. The third kappa shape index (κ3) is 9.93. The van der Waals surface area contributed by atoms with Crippen molar-refractivity contribution in [2.75, 3.05) is 6.54 Å². The monoisotopic (exact) mass is 380 g/mol. The van der Waals surface area contributed by atoms with Crippen LogP contribution in [0.5, 0.6) is 0 Å². The first-order valence-electron chi connectivity index (χ1n) is 8.43. The number of ether oxygens (including phenoxy) is 1. The lowest BCUT2D eigenvalue weighted by Crippen LogP contribution is -2.42. The Morgan fingerprint density at radius 3 is 2.46 bits per heavy atom. The number of carbonyl (C=O) groups excluding carboxylic acids is 2. The number of nitrogens with zero attached hydrogens (tertiary/aromatic N) is 1. The molecule has 0 fully saturated rings. The Hall–Kier alpha value is -2.22. The van der Waals surface area contributed by atoms with Gasteiger partial charge in [-0.2, -0.15) is 0 Å². The first-order valence-corrected chi connectivity index (χ1v) is 9.41. The molecule has 0 aliphatic rings. The van der Waals surface area contributed by atoms with Crippen molar-refractivity contribution in [3.05, 3.63) is 35.9 Å². The van der Waals surface area contributed by atoms with Crippen molar-refractivity contribution in [1.29, 1.82) is 0 Å². The highest BCUT2D eigenvalue weighted by Gasteiger charge is 2.24. The van der Waals surface area contributed by atoms with Crippen LogP contribution in [0.25, 0.3) is 0 Å². The van der Waals surface area contributed by atoms with Gasteiger partial charge in [-0.1, -0.05) is 42.1 Å². The van der Waals surface area contributed by atoms with Crippen LogP contribution in [0.15, 0.2) is 35.3 Å². The number of hydrogen-bond acceptors (Lipinski definition) is 5. The highest BCUT2D eigenvalue weighted by atomic mass is 32.2. The zero-order valence-corrected chi connectivity index (χ0v) is 16.3. The quantitative estimate of drug-likeness (QED) is 0.362. The van der Waals surface area contributed by atoms with Crippen LogP contribution in [0.2, 0.25) is 0 Å². The van der Waals surface area contributed by atoms with Crippen LogP contribution in [0.4, 0.5) is 4.79 Å². The maximum atomic E-state index is 12.6. The van der Waals surface area contributed by atoms with Crippen molar-refractivity contribution >= 4 is 28.9 Å². The predicted octanol–water partition coefficient (Wildman–Crippen LogP) is 2.39. The molecule has 0 bridgehead atoms. The second-order valence-corrected chi connectivity index (χ2v) is 7.72. The van der Waals surface area contributed by atoms with Crippen LogP contribution in [0.3, 0.4) is 0 Å². The molecule has 5 N–H and O–H groups in total. The number of hydrogen-bond donors (Lipinski definition) is 3. The van der Waals surface area contributed by atoms with Gasteiger partial charge < -0.3 is 21.5 Å². The largest absolute Gasteiger partial charge is 0.444 e. The molecule has 144 valence electrons. The van der Waals surface area contributed by atoms with Gasteiger partial charge in [-0.25, -0.2) is 4.79 Å². The number of guanidine groups is 1. The van der Waals surface area contributed by atoms with E-state index in [0.29, 0.717) is 25.1 Å². The minimum absolute atomic E-state index is 0.00595. The molecule has 0 spiro atoms. The molecular formula is C18H28N4O3S. The second-order valence-electron chi connectivity index (χ2n) is 6.74. The Labute approximate surface area is 158 Å². The molecule has 0 saturated carbocycles. The lowest BCUT2D eigenvalue weighted by Gasteiger charge is -2.23. The Bertz CT molecular complexity index is 611. The van der Waals surface area contributed by atoms with E-state index in [1.54, 1.807) is 20.8 Å². The van der Waals surface area contributed by atoms with E-state index >= 15 is 0 Å². The summed E-state index contributed by atoms with van der Waals surface area (Å²) >= 11 is 1.17. The van der Waals surface area contributed by atoms with E-state index in [1.807, 2.05) is 30.3 Å². The van der Waals surface area contributed by atoms with Gasteiger partial charge in [0, 0.05) is 12.3 Å². The average molecular weight is 381 g/mol. The van der Waals surface area contributed by atoms with Crippen molar-refractivity contribution < 1.29 is 14.3 Å². The van der Waals surface area contributed by atoms with Gasteiger partial charge in [0.1, 0.15) is 11.6 Å². The number of alkyl carbamates (subject to hydrolysis) is 1. The first-order chi connectivity index (χ1) is 12.2. The standard InChI is InChI=1S/C18H28N4O3S/c1-18(2,3)25-17(24)22-14(10-7-11-21-16(19)20)15(23)26-12-13-8-5-4-6-9-13/h4-6,8-9,14H,7,10-12H2,1-3H3,(H,22,24)(H4,19,20,21). The molecule has 1 aromatic rings. The third-order valence-corrected chi connectivity index (χ3v) is 4.19. The molecule has 0 heterocycles. The second kappa shape index (κ2) is 10.7. The normalized spacial score (nSPS) is 12.1. The summed E-state index contributed by atoms with van der Waals surface area (Å²) in [6.07, 6.45) is 0.380. The van der Waals surface area contributed by atoms with Crippen LogP contribution < -0.4 is 16.8 Å². The summed E-state index contributed by atoms with van der Waals surface area (Å²) in [5.41, 5.74) is 11.0. The van der Waals surface area contributed by atoms with E-state index in [4.69, 9.17) is 16.2 Å². The lowest BCUT2D eigenvalue weighted by atomic mass is 10.2. The topological polar surface area (TPSA) is 120 Å². The number of nitrogens with two attached hydrogens (primary N) is 2. The van der Waals surface area contributed by atoms with Gasteiger partial charge in [0.2, 0.25) is 5.12 Å². The van der Waals surface area contributed by atoms with Crippen molar-refractivity contribution in [2.24, 2.45) is 16.5 Å². The minimum atomic E-state index is -0.659. The van der Waals surface area contributed by atoms with Crippen molar-refractivity contribution in [3.63, 3.8) is 0 Å². The molecule has 1 rings (SSSR count). The van der Waals surface area contributed by atoms with Gasteiger partial charge in [0.25, 0.3) is 0 Å². The van der Waals surface area contributed by atoms with E-state index in [1.165, 1.54) is 11.8 Å². The number of amides is 1. The molecule has 1 aromatic carbocycles. The molecule has 1 unspecified atom stereocenters.